The first-order chi connectivity index (χ1) is 10.0. The van der Waals surface area contributed by atoms with Crippen molar-refractivity contribution in [3.8, 4) is 0 Å². The molecule has 3 rings (SSSR count). The van der Waals surface area contributed by atoms with Crippen molar-refractivity contribution < 1.29 is 13.6 Å². The van der Waals surface area contributed by atoms with Gasteiger partial charge in [-0.15, -0.1) is 0 Å². The van der Waals surface area contributed by atoms with Crippen LogP contribution in [0.2, 0.25) is 0 Å². The van der Waals surface area contributed by atoms with Crippen LogP contribution in [0.15, 0.2) is 51.4 Å². The number of fused-ring (bicyclic) bond motifs is 1. The van der Waals surface area contributed by atoms with Gasteiger partial charge in [0.15, 0.2) is 5.76 Å². The number of amides is 1. The van der Waals surface area contributed by atoms with Crippen LogP contribution in [0.25, 0.3) is 11.0 Å². The van der Waals surface area contributed by atoms with Crippen molar-refractivity contribution in [1.29, 1.82) is 0 Å². The van der Waals surface area contributed by atoms with E-state index in [0.717, 1.165) is 15.4 Å². The van der Waals surface area contributed by atoms with Crippen molar-refractivity contribution in [3.63, 3.8) is 0 Å². The molecule has 0 unspecified atom stereocenters. The van der Waals surface area contributed by atoms with E-state index in [1.807, 2.05) is 18.2 Å². The monoisotopic (exact) mass is 347 g/mol. The molecular formula is C16H11BrFNO2. The number of rotatable bonds is 2. The summed E-state index contributed by atoms with van der Waals surface area (Å²) >= 11 is 3.37. The Morgan fingerprint density at radius 3 is 2.81 bits per heavy atom. The lowest BCUT2D eigenvalue weighted by atomic mass is 10.2. The second kappa shape index (κ2) is 5.33. The molecule has 1 aromatic heterocycles. The molecule has 1 N–H and O–H groups in total. The Kier molecular flexibility index (Phi) is 3.51. The average Bonchev–Trinajstić information content (AvgIpc) is 2.88. The summed E-state index contributed by atoms with van der Waals surface area (Å²) in [5, 5.41) is 3.48. The van der Waals surface area contributed by atoms with Crippen molar-refractivity contribution in [2.24, 2.45) is 0 Å². The van der Waals surface area contributed by atoms with E-state index in [4.69, 9.17) is 4.42 Å². The minimum Gasteiger partial charge on any atom is -0.450 e. The highest BCUT2D eigenvalue weighted by molar-refractivity contribution is 9.10. The Bertz CT molecular complexity index is 841. The molecule has 0 aliphatic rings. The zero-order valence-electron chi connectivity index (χ0n) is 11.1. The summed E-state index contributed by atoms with van der Waals surface area (Å²) in [5.41, 5.74) is 1.82. The number of carbonyl (C=O) groups is 1. The fraction of sp³-hybridized carbons (Fsp3) is 0.0625. The normalized spacial score (nSPS) is 10.8. The highest BCUT2D eigenvalue weighted by Gasteiger charge is 2.15. The molecule has 5 heteroatoms. The van der Waals surface area contributed by atoms with E-state index >= 15 is 0 Å². The lowest BCUT2D eigenvalue weighted by Crippen LogP contribution is -2.12. The quantitative estimate of drug-likeness (QED) is 0.716. The maximum Gasteiger partial charge on any atom is 0.291 e. The number of nitrogens with one attached hydrogen (secondary N) is 1. The number of halogens is 2. The predicted octanol–water partition coefficient (Wildman–Crippen LogP) is 4.90. The highest BCUT2D eigenvalue weighted by Crippen LogP contribution is 2.27. The van der Waals surface area contributed by atoms with Crippen molar-refractivity contribution >= 4 is 38.5 Å². The number of hydrogen-bond acceptors (Lipinski definition) is 2. The van der Waals surface area contributed by atoms with Gasteiger partial charge >= 0.3 is 0 Å². The summed E-state index contributed by atoms with van der Waals surface area (Å²) in [6.07, 6.45) is 0. The number of hydrogen-bond donors (Lipinski definition) is 1. The van der Waals surface area contributed by atoms with E-state index in [1.165, 1.54) is 12.1 Å². The molecule has 3 nitrogen and oxygen atoms in total. The van der Waals surface area contributed by atoms with E-state index in [2.05, 4.69) is 21.2 Å². The fourth-order valence-corrected chi connectivity index (χ4v) is 2.51. The number of anilines is 1. The van der Waals surface area contributed by atoms with Crippen LogP contribution in [-0.4, -0.2) is 5.91 Å². The van der Waals surface area contributed by atoms with Crippen LogP contribution in [0.4, 0.5) is 10.1 Å². The van der Waals surface area contributed by atoms with Gasteiger partial charge in [0.1, 0.15) is 11.4 Å². The summed E-state index contributed by atoms with van der Waals surface area (Å²) < 4.78 is 19.6. The van der Waals surface area contributed by atoms with E-state index in [-0.39, 0.29) is 5.76 Å². The molecule has 0 aliphatic carbocycles. The first kappa shape index (κ1) is 13.8. The van der Waals surface area contributed by atoms with Gasteiger partial charge < -0.3 is 9.73 Å². The third-order valence-corrected chi connectivity index (χ3v) is 3.79. The Hall–Kier alpha value is -2.14. The molecule has 0 aliphatic heterocycles. The molecular weight excluding hydrogens is 337 g/mol. The maximum atomic E-state index is 13.2. The molecule has 1 heterocycles. The molecule has 3 aromatic rings. The third-order valence-electron chi connectivity index (χ3n) is 3.17. The van der Waals surface area contributed by atoms with Crippen LogP contribution < -0.4 is 5.32 Å². The minimum absolute atomic E-state index is 0.181. The first-order valence-electron chi connectivity index (χ1n) is 6.30. The summed E-state index contributed by atoms with van der Waals surface area (Å²) in [5.74, 6) is -0.629. The minimum atomic E-state index is -0.410. The van der Waals surface area contributed by atoms with Gasteiger partial charge in [0, 0.05) is 11.1 Å². The Balaban J connectivity index is 1.93. The summed E-state index contributed by atoms with van der Waals surface area (Å²) in [6.45, 7) is 1.80. The Morgan fingerprint density at radius 1 is 1.24 bits per heavy atom. The number of benzene rings is 2. The number of aryl methyl sites for hydroxylation is 1. The second-order valence-corrected chi connectivity index (χ2v) is 5.54. The lowest BCUT2D eigenvalue weighted by molar-refractivity contribution is 0.0998. The molecule has 0 fully saturated rings. The first-order valence-corrected chi connectivity index (χ1v) is 7.09. The van der Waals surface area contributed by atoms with Gasteiger partial charge in [-0.3, -0.25) is 4.79 Å². The van der Waals surface area contributed by atoms with E-state index in [0.29, 0.717) is 11.3 Å². The van der Waals surface area contributed by atoms with Gasteiger partial charge in [-0.25, -0.2) is 4.39 Å². The SMILES string of the molecule is Cc1ccc(F)cc1NC(=O)c1cc2cccc(Br)c2o1. The van der Waals surface area contributed by atoms with Crippen molar-refractivity contribution in [2.45, 2.75) is 6.92 Å². The molecule has 106 valence electrons. The number of carbonyl (C=O) groups excluding carboxylic acids is 1. The molecule has 0 radical (unpaired) electrons. The fourth-order valence-electron chi connectivity index (χ4n) is 2.05. The van der Waals surface area contributed by atoms with Crippen LogP contribution in [-0.2, 0) is 0 Å². The Morgan fingerprint density at radius 2 is 2.05 bits per heavy atom. The van der Waals surface area contributed by atoms with Gasteiger partial charge in [0.05, 0.1) is 4.47 Å². The molecule has 0 bridgehead atoms. The predicted molar refractivity (Wildman–Crippen MR) is 83.0 cm³/mol. The largest absolute Gasteiger partial charge is 0.450 e. The summed E-state index contributed by atoms with van der Waals surface area (Å²) in [7, 11) is 0. The molecule has 0 atom stereocenters. The van der Waals surface area contributed by atoms with Crippen molar-refractivity contribution in [2.75, 3.05) is 5.32 Å². The van der Waals surface area contributed by atoms with Gasteiger partial charge in [0.25, 0.3) is 5.91 Å². The average molecular weight is 348 g/mol. The van der Waals surface area contributed by atoms with Gasteiger partial charge in [-0.05, 0) is 52.7 Å². The maximum absolute atomic E-state index is 13.2. The smallest absolute Gasteiger partial charge is 0.291 e. The van der Waals surface area contributed by atoms with Gasteiger partial charge in [0.2, 0.25) is 0 Å². The van der Waals surface area contributed by atoms with E-state index in [1.54, 1.807) is 19.1 Å². The number of para-hydroxylation sites is 1. The summed E-state index contributed by atoms with van der Waals surface area (Å²) in [4.78, 5) is 12.2. The molecule has 21 heavy (non-hydrogen) atoms. The highest BCUT2D eigenvalue weighted by atomic mass is 79.9. The molecule has 0 saturated heterocycles. The van der Waals surface area contributed by atoms with Crippen LogP contribution in [0.5, 0.6) is 0 Å². The van der Waals surface area contributed by atoms with Crippen LogP contribution >= 0.6 is 15.9 Å². The van der Waals surface area contributed by atoms with Crippen LogP contribution in [0, 0.1) is 12.7 Å². The lowest BCUT2D eigenvalue weighted by Gasteiger charge is -2.06. The third kappa shape index (κ3) is 2.69. The Labute approximate surface area is 128 Å². The molecule has 2 aromatic carbocycles. The van der Waals surface area contributed by atoms with Gasteiger partial charge in [-0.1, -0.05) is 18.2 Å². The summed E-state index contributed by atoms with van der Waals surface area (Å²) in [6, 6.07) is 11.5. The molecule has 0 spiro atoms. The standard InChI is InChI=1S/C16H11BrFNO2/c1-9-5-6-11(18)8-13(9)19-16(20)14-7-10-3-2-4-12(17)15(10)21-14/h2-8H,1H3,(H,19,20). The van der Waals surface area contributed by atoms with E-state index < -0.39 is 11.7 Å². The molecule has 0 saturated carbocycles. The second-order valence-electron chi connectivity index (χ2n) is 4.68. The topological polar surface area (TPSA) is 42.2 Å². The van der Waals surface area contributed by atoms with Crippen LogP contribution in [0.1, 0.15) is 16.1 Å². The van der Waals surface area contributed by atoms with Crippen molar-refractivity contribution in [1.82, 2.24) is 0 Å². The number of furan rings is 1. The van der Waals surface area contributed by atoms with Gasteiger partial charge in [-0.2, -0.15) is 0 Å². The molecule has 1 amide bonds. The van der Waals surface area contributed by atoms with E-state index in [9.17, 15) is 9.18 Å². The zero-order chi connectivity index (χ0) is 15.0. The zero-order valence-corrected chi connectivity index (χ0v) is 12.7. The van der Waals surface area contributed by atoms with Crippen molar-refractivity contribution in [3.05, 3.63) is 64.1 Å². The van der Waals surface area contributed by atoms with Crippen LogP contribution in [0.3, 0.4) is 0 Å².